The van der Waals surface area contributed by atoms with Crippen molar-refractivity contribution in [1.29, 1.82) is 0 Å². The summed E-state index contributed by atoms with van der Waals surface area (Å²) < 4.78 is 22.7. The maximum atomic E-state index is 13.0. The van der Waals surface area contributed by atoms with Crippen molar-refractivity contribution in [1.82, 2.24) is 10.2 Å². The number of hydrogen-bond acceptors (Lipinski definition) is 5. The van der Waals surface area contributed by atoms with Gasteiger partial charge in [0.15, 0.2) is 0 Å². The lowest BCUT2D eigenvalue weighted by atomic mass is 10.2. The van der Waals surface area contributed by atoms with Crippen LogP contribution < -0.4 is 0 Å². The molecule has 17 heavy (non-hydrogen) atoms. The van der Waals surface area contributed by atoms with Gasteiger partial charge in [-0.15, -0.1) is 10.2 Å². The molecule has 6 heteroatoms. The fraction of sp³-hybridized carbons (Fsp3) is 0.182. The molecule has 0 N–H and O–H groups in total. The van der Waals surface area contributed by atoms with Crippen LogP contribution in [0.3, 0.4) is 0 Å². The van der Waals surface area contributed by atoms with Gasteiger partial charge in [0.1, 0.15) is 5.82 Å². The number of aromatic nitrogens is 2. The second-order valence-electron chi connectivity index (χ2n) is 3.14. The van der Waals surface area contributed by atoms with Gasteiger partial charge in [0.2, 0.25) is 5.89 Å². The number of ether oxygens (including phenoxy) is 1. The Balaban J connectivity index is 2.27. The summed E-state index contributed by atoms with van der Waals surface area (Å²) in [5, 5.41) is 7.17. The van der Waals surface area contributed by atoms with Crippen molar-refractivity contribution in [3.8, 4) is 11.5 Å². The highest BCUT2D eigenvalue weighted by atomic mass is 19.1. The van der Waals surface area contributed by atoms with Gasteiger partial charge in [-0.1, -0.05) is 6.07 Å². The van der Waals surface area contributed by atoms with Crippen molar-refractivity contribution >= 4 is 5.97 Å². The van der Waals surface area contributed by atoms with Crippen LogP contribution in [0.2, 0.25) is 0 Å². The molecule has 2 rings (SSSR count). The minimum atomic E-state index is -0.692. The lowest BCUT2D eigenvalue weighted by Gasteiger charge is -1.95. The number of halogens is 1. The zero-order chi connectivity index (χ0) is 12.3. The Bertz CT molecular complexity index is 539. The van der Waals surface area contributed by atoms with Crippen LogP contribution in [0.1, 0.15) is 17.6 Å². The van der Waals surface area contributed by atoms with Gasteiger partial charge in [0.25, 0.3) is 0 Å². The summed E-state index contributed by atoms with van der Waals surface area (Å²) in [5.41, 5.74) is 0.410. The van der Waals surface area contributed by atoms with Crippen molar-refractivity contribution in [2.45, 2.75) is 6.92 Å². The van der Waals surface area contributed by atoms with Gasteiger partial charge >= 0.3 is 11.9 Å². The second-order valence-corrected chi connectivity index (χ2v) is 3.14. The summed E-state index contributed by atoms with van der Waals surface area (Å²) in [6, 6.07) is 5.65. The molecule has 0 bridgehead atoms. The van der Waals surface area contributed by atoms with Crippen molar-refractivity contribution in [3.05, 3.63) is 36.0 Å². The lowest BCUT2D eigenvalue weighted by molar-refractivity contribution is 0.0481. The van der Waals surface area contributed by atoms with Gasteiger partial charge in [0.05, 0.1) is 6.61 Å². The Morgan fingerprint density at radius 1 is 1.47 bits per heavy atom. The van der Waals surface area contributed by atoms with Crippen molar-refractivity contribution in [2.75, 3.05) is 6.61 Å². The minimum Gasteiger partial charge on any atom is -0.459 e. The Kier molecular flexibility index (Phi) is 3.13. The van der Waals surface area contributed by atoms with Crippen LogP contribution in [-0.2, 0) is 4.74 Å². The third-order valence-electron chi connectivity index (χ3n) is 1.95. The predicted molar refractivity (Wildman–Crippen MR) is 55.6 cm³/mol. The molecule has 2 aromatic rings. The van der Waals surface area contributed by atoms with Gasteiger partial charge in [-0.05, 0) is 25.1 Å². The standard InChI is InChI=1S/C11H9FN2O3/c1-2-16-11(15)10-14-13-9(17-10)7-4-3-5-8(12)6-7/h3-6H,2H2,1H3. The molecule has 88 valence electrons. The van der Waals surface area contributed by atoms with E-state index in [0.29, 0.717) is 5.56 Å². The summed E-state index contributed by atoms with van der Waals surface area (Å²) in [5.74, 6) is -1.28. The number of carbonyl (C=O) groups excluding carboxylic acids is 1. The molecule has 5 nitrogen and oxygen atoms in total. The average molecular weight is 236 g/mol. The Hall–Kier alpha value is -2.24. The number of carbonyl (C=O) groups is 1. The average Bonchev–Trinajstić information content (AvgIpc) is 2.78. The van der Waals surface area contributed by atoms with Gasteiger partial charge in [0, 0.05) is 5.56 Å². The van der Waals surface area contributed by atoms with Crippen molar-refractivity contribution in [3.63, 3.8) is 0 Å². The van der Waals surface area contributed by atoms with Crippen molar-refractivity contribution < 1.29 is 18.3 Å². The van der Waals surface area contributed by atoms with Crippen LogP contribution in [0.25, 0.3) is 11.5 Å². The van der Waals surface area contributed by atoms with E-state index in [0.717, 1.165) is 0 Å². The molecule has 0 aliphatic carbocycles. The minimum absolute atomic E-state index is 0.0764. The highest BCUT2D eigenvalue weighted by Gasteiger charge is 2.16. The number of hydrogen-bond donors (Lipinski definition) is 0. The van der Waals surface area contributed by atoms with Crippen LogP contribution in [0, 0.1) is 5.82 Å². The summed E-state index contributed by atoms with van der Waals surface area (Å²) in [6.45, 7) is 1.89. The lowest BCUT2D eigenvalue weighted by Crippen LogP contribution is -2.04. The fourth-order valence-electron chi connectivity index (χ4n) is 1.24. The van der Waals surface area contributed by atoms with E-state index in [1.54, 1.807) is 13.0 Å². The molecular formula is C11H9FN2O3. The number of nitrogens with zero attached hydrogens (tertiary/aromatic N) is 2. The number of rotatable bonds is 3. The van der Waals surface area contributed by atoms with Gasteiger partial charge < -0.3 is 9.15 Å². The van der Waals surface area contributed by atoms with E-state index in [-0.39, 0.29) is 18.4 Å². The molecule has 0 atom stereocenters. The molecular weight excluding hydrogens is 227 g/mol. The summed E-state index contributed by atoms with van der Waals surface area (Å²) in [7, 11) is 0. The van der Waals surface area contributed by atoms with Gasteiger partial charge in [-0.25, -0.2) is 9.18 Å². The molecule has 0 radical (unpaired) electrons. The quantitative estimate of drug-likeness (QED) is 0.763. The first-order chi connectivity index (χ1) is 8.20. The zero-order valence-electron chi connectivity index (χ0n) is 9.01. The van der Waals surface area contributed by atoms with Crippen LogP contribution in [0.5, 0.6) is 0 Å². The van der Waals surface area contributed by atoms with Crippen LogP contribution in [-0.4, -0.2) is 22.8 Å². The van der Waals surface area contributed by atoms with Crippen molar-refractivity contribution in [2.24, 2.45) is 0 Å². The Labute approximate surface area is 96.2 Å². The maximum Gasteiger partial charge on any atom is 0.396 e. The Morgan fingerprint density at radius 2 is 2.29 bits per heavy atom. The van der Waals surface area contributed by atoms with Gasteiger partial charge in [-0.2, -0.15) is 0 Å². The van der Waals surface area contributed by atoms with E-state index >= 15 is 0 Å². The molecule has 0 fully saturated rings. The molecule has 0 saturated carbocycles. The molecule has 0 saturated heterocycles. The molecule has 1 aromatic carbocycles. The summed E-state index contributed by atoms with van der Waals surface area (Å²) in [4.78, 5) is 11.3. The smallest absolute Gasteiger partial charge is 0.396 e. The SMILES string of the molecule is CCOC(=O)c1nnc(-c2cccc(F)c2)o1. The van der Waals surface area contributed by atoms with E-state index < -0.39 is 11.8 Å². The molecule has 0 aliphatic rings. The predicted octanol–water partition coefficient (Wildman–Crippen LogP) is 2.05. The molecule has 0 unspecified atom stereocenters. The summed E-state index contributed by atoms with van der Waals surface area (Å²) in [6.07, 6.45) is 0. The highest BCUT2D eigenvalue weighted by molar-refractivity contribution is 5.84. The van der Waals surface area contributed by atoms with E-state index in [1.807, 2.05) is 0 Å². The first-order valence-corrected chi connectivity index (χ1v) is 4.97. The molecule has 1 heterocycles. The number of benzene rings is 1. The normalized spacial score (nSPS) is 10.2. The Morgan fingerprint density at radius 3 is 3.00 bits per heavy atom. The van der Waals surface area contributed by atoms with Gasteiger partial charge in [-0.3, -0.25) is 0 Å². The summed E-state index contributed by atoms with van der Waals surface area (Å²) >= 11 is 0. The largest absolute Gasteiger partial charge is 0.459 e. The number of esters is 1. The third kappa shape index (κ3) is 2.47. The molecule has 0 amide bonds. The van der Waals surface area contributed by atoms with Crippen LogP contribution in [0.15, 0.2) is 28.7 Å². The van der Waals surface area contributed by atoms with E-state index in [2.05, 4.69) is 10.2 Å². The van der Waals surface area contributed by atoms with E-state index in [1.165, 1.54) is 18.2 Å². The second kappa shape index (κ2) is 4.73. The van der Waals surface area contributed by atoms with E-state index in [9.17, 15) is 9.18 Å². The molecule has 1 aromatic heterocycles. The monoisotopic (exact) mass is 236 g/mol. The maximum absolute atomic E-state index is 13.0. The topological polar surface area (TPSA) is 65.2 Å². The molecule has 0 aliphatic heterocycles. The van der Waals surface area contributed by atoms with Crippen LogP contribution >= 0.6 is 0 Å². The fourth-order valence-corrected chi connectivity index (χ4v) is 1.24. The third-order valence-corrected chi connectivity index (χ3v) is 1.95. The first kappa shape index (κ1) is 11.3. The first-order valence-electron chi connectivity index (χ1n) is 4.97. The highest BCUT2D eigenvalue weighted by Crippen LogP contribution is 2.18. The van der Waals surface area contributed by atoms with Crippen LogP contribution in [0.4, 0.5) is 4.39 Å². The zero-order valence-corrected chi connectivity index (χ0v) is 9.01. The molecule has 0 spiro atoms. The van der Waals surface area contributed by atoms with E-state index in [4.69, 9.17) is 9.15 Å².